The molecule has 1 atom stereocenters. The smallest absolute Gasteiger partial charge is 0.249 e. The number of nitrogens with zero attached hydrogens (tertiary/aromatic N) is 1. The van der Waals surface area contributed by atoms with E-state index in [0.29, 0.717) is 24.4 Å². The number of thiocarbonyl (C=S) groups is 1. The minimum Gasteiger partial charge on any atom is -0.508 e. The number of fused-ring (bicyclic) bond motifs is 1. The zero-order valence-electron chi connectivity index (χ0n) is 10.0. The van der Waals surface area contributed by atoms with Crippen LogP contribution in [0.1, 0.15) is 24.0 Å². The largest absolute Gasteiger partial charge is 0.508 e. The maximum absolute atomic E-state index is 11.9. The van der Waals surface area contributed by atoms with Crippen molar-refractivity contribution in [2.75, 3.05) is 0 Å². The Morgan fingerprint density at radius 1 is 1.37 bits per heavy atom. The number of phenols is 1. The van der Waals surface area contributed by atoms with Crippen molar-refractivity contribution in [1.82, 2.24) is 10.2 Å². The first-order valence-electron chi connectivity index (χ1n) is 6.03. The monoisotopic (exact) mass is 276 g/mol. The van der Waals surface area contributed by atoms with Crippen LogP contribution in [0, 0.1) is 0 Å². The Balaban J connectivity index is 1.90. The highest BCUT2D eigenvalue weighted by molar-refractivity contribution is 7.80. The summed E-state index contributed by atoms with van der Waals surface area (Å²) in [6, 6.07) is 4.74. The number of hydrogen-bond donors (Lipinski definition) is 2. The summed E-state index contributed by atoms with van der Waals surface area (Å²) in [4.78, 5) is 25.4. The summed E-state index contributed by atoms with van der Waals surface area (Å²) in [5.74, 6) is -0.368. The Labute approximate surface area is 115 Å². The molecule has 1 aromatic carbocycles. The average molecular weight is 276 g/mol. The van der Waals surface area contributed by atoms with Gasteiger partial charge in [-0.05, 0) is 12.5 Å². The first kappa shape index (κ1) is 12.1. The molecule has 1 aromatic rings. The SMILES string of the molecule is O=C1CCC(N2Cc3c(O)cccc3C2=S)C(=O)N1. The Kier molecular flexibility index (Phi) is 2.74. The van der Waals surface area contributed by atoms with Crippen molar-refractivity contribution in [3.8, 4) is 5.75 Å². The normalized spacial score (nSPS) is 22.4. The number of benzene rings is 1. The zero-order valence-corrected chi connectivity index (χ0v) is 10.9. The highest BCUT2D eigenvalue weighted by atomic mass is 32.1. The minimum atomic E-state index is -0.433. The minimum absolute atomic E-state index is 0.189. The first-order valence-corrected chi connectivity index (χ1v) is 6.44. The van der Waals surface area contributed by atoms with Crippen molar-refractivity contribution in [2.24, 2.45) is 0 Å². The number of rotatable bonds is 1. The Morgan fingerprint density at radius 3 is 2.84 bits per heavy atom. The molecule has 98 valence electrons. The number of hydrogen-bond acceptors (Lipinski definition) is 4. The van der Waals surface area contributed by atoms with E-state index >= 15 is 0 Å². The second-order valence-electron chi connectivity index (χ2n) is 4.70. The summed E-state index contributed by atoms with van der Waals surface area (Å²) >= 11 is 5.37. The molecule has 0 radical (unpaired) electrons. The van der Waals surface area contributed by atoms with Crippen LogP contribution in [0.2, 0.25) is 0 Å². The van der Waals surface area contributed by atoms with E-state index in [1.54, 1.807) is 17.0 Å². The Bertz CT molecular complexity index is 600. The standard InChI is InChI=1S/C13H12N2O3S/c16-10-3-1-2-7-8(10)6-15(13(7)19)9-4-5-11(17)14-12(9)18/h1-3,9,16H,4-6H2,(H,14,17,18). The first-order chi connectivity index (χ1) is 9.08. The molecule has 2 N–H and O–H groups in total. The van der Waals surface area contributed by atoms with Gasteiger partial charge in [-0.15, -0.1) is 0 Å². The van der Waals surface area contributed by atoms with Crippen LogP contribution in [0.15, 0.2) is 18.2 Å². The summed E-state index contributed by atoms with van der Waals surface area (Å²) in [6.45, 7) is 0.410. The van der Waals surface area contributed by atoms with Gasteiger partial charge < -0.3 is 10.0 Å². The van der Waals surface area contributed by atoms with Gasteiger partial charge in [0.05, 0.1) is 0 Å². The van der Waals surface area contributed by atoms with Crippen LogP contribution < -0.4 is 5.32 Å². The van der Waals surface area contributed by atoms with Gasteiger partial charge in [0.1, 0.15) is 16.8 Å². The third kappa shape index (κ3) is 1.88. The molecular formula is C13H12N2O3S. The van der Waals surface area contributed by atoms with Crippen molar-refractivity contribution >= 4 is 29.0 Å². The average Bonchev–Trinajstić information content (AvgIpc) is 2.69. The number of nitrogens with one attached hydrogen (secondary N) is 1. The van der Waals surface area contributed by atoms with Gasteiger partial charge in [-0.25, -0.2) is 0 Å². The number of imide groups is 1. The number of carbonyl (C=O) groups excluding carboxylic acids is 2. The molecule has 19 heavy (non-hydrogen) atoms. The van der Waals surface area contributed by atoms with Crippen molar-refractivity contribution in [1.29, 1.82) is 0 Å². The fourth-order valence-electron chi connectivity index (χ4n) is 2.57. The van der Waals surface area contributed by atoms with E-state index in [0.717, 1.165) is 11.1 Å². The van der Waals surface area contributed by atoms with E-state index in [1.165, 1.54) is 0 Å². The maximum Gasteiger partial charge on any atom is 0.249 e. The Hall–Kier alpha value is -1.95. The quantitative estimate of drug-likeness (QED) is 0.583. The molecule has 2 aliphatic heterocycles. The number of amides is 2. The third-order valence-corrected chi connectivity index (χ3v) is 4.01. The summed E-state index contributed by atoms with van der Waals surface area (Å²) in [7, 11) is 0. The third-order valence-electron chi connectivity index (χ3n) is 3.56. The molecule has 1 fully saturated rings. The second-order valence-corrected chi connectivity index (χ2v) is 5.09. The van der Waals surface area contributed by atoms with Crippen molar-refractivity contribution in [3.63, 3.8) is 0 Å². The van der Waals surface area contributed by atoms with Crippen molar-refractivity contribution in [3.05, 3.63) is 29.3 Å². The molecule has 1 unspecified atom stereocenters. The van der Waals surface area contributed by atoms with Gasteiger partial charge >= 0.3 is 0 Å². The molecule has 2 amide bonds. The lowest BCUT2D eigenvalue weighted by Crippen LogP contribution is -2.52. The molecule has 0 aliphatic carbocycles. The summed E-state index contributed by atoms with van der Waals surface area (Å²) in [5.41, 5.74) is 1.54. The van der Waals surface area contributed by atoms with E-state index in [1.807, 2.05) is 6.07 Å². The van der Waals surface area contributed by atoms with Crippen LogP contribution in [-0.2, 0) is 16.1 Å². The van der Waals surface area contributed by atoms with Crippen molar-refractivity contribution < 1.29 is 14.7 Å². The van der Waals surface area contributed by atoms with Crippen LogP contribution in [0.25, 0.3) is 0 Å². The number of piperidine rings is 1. The maximum atomic E-state index is 11.9. The molecule has 0 aromatic heterocycles. The molecule has 0 bridgehead atoms. The van der Waals surface area contributed by atoms with Gasteiger partial charge in [0.25, 0.3) is 0 Å². The van der Waals surface area contributed by atoms with E-state index in [2.05, 4.69) is 5.32 Å². The van der Waals surface area contributed by atoms with Crippen LogP contribution >= 0.6 is 12.2 Å². The van der Waals surface area contributed by atoms with E-state index in [-0.39, 0.29) is 17.6 Å². The van der Waals surface area contributed by atoms with Crippen LogP contribution in [0.5, 0.6) is 5.75 Å². The molecule has 1 saturated heterocycles. The molecule has 5 nitrogen and oxygen atoms in total. The number of carbonyl (C=O) groups is 2. The van der Waals surface area contributed by atoms with E-state index in [9.17, 15) is 14.7 Å². The van der Waals surface area contributed by atoms with Crippen molar-refractivity contribution in [2.45, 2.75) is 25.4 Å². The fraction of sp³-hybridized carbons (Fsp3) is 0.308. The predicted molar refractivity (Wildman–Crippen MR) is 71.5 cm³/mol. The molecule has 0 spiro atoms. The number of aromatic hydroxyl groups is 1. The van der Waals surface area contributed by atoms with Crippen LogP contribution in [0.3, 0.4) is 0 Å². The van der Waals surface area contributed by atoms with Crippen LogP contribution in [-0.4, -0.2) is 32.9 Å². The molecular weight excluding hydrogens is 264 g/mol. The zero-order chi connectivity index (χ0) is 13.6. The van der Waals surface area contributed by atoms with Gasteiger partial charge in [-0.3, -0.25) is 14.9 Å². The highest BCUT2D eigenvalue weighted by Gasteiger charge is 2.37. The summed E-state index contributed by atoms with van der Waals surface area (Å²) < 4.78 is 0. The molecule has 6 heteroatoms. The van der Waals surface area contributed by atoms with Gasteiger partial charge in [0.2, 0.25) is 11.8 Å². The number of phenolic OH excluding ortho intramolecular Hbond substituents is 1. The predicted octanol–water partition coefficient (Wildman–Crippen LogP) is 0.688. The summed E-state index contributed by atoms with van der Waals surface area (Å²) in [5, 5.41) is 12.2. The molecule has 2 heterocycles. The second kappa shape index (κ2) is 4.31. The Morgan fingerprint density at radius 2 is 2.16 bits per heavy atom. The fourth-order valence-corrected chi connectivity index (χ4v) is 2.95. The molecule has 2 aliphatic rings. The molecule has 0 saturated carbocycles. The van der Waals surface area contributed by atoms with Crippen LogP contribution in [0.4, 0.5) is 0 Å². The summed E-state index contributed by atoms with van der Waals surface area (Å²) in [6.07, 6.45) is 0.775. The van der Waals surface area contributed by atoms with Gasteiger partial charge in [0.15, 0.2) is 0 Å². The van der Waals surface area contributed by atoms with Gasteiger partial charge in [-0.1, -0.05) is 24.4 Å². The lowest BCUT2D eigenvalue weighted by Gasteiger charge is -2.30. The van der Waals surface area contributed by atoms with Gasteiger partial charge in [0, 0.05) is 24.1 Å². The van der Waals surface area contributed by atoms with E-state index in [4.69, 9.17) is 12.2 Å². The molecule has 3 rings (SSSR count). The van der Waals surface area contributed by atoms with E-state index < -0.39 is 6.04 Å². The highest BCUT2D eigenvalue weighted by Crippen LogP contribution is 2.33. The lowest BCUT2D eigenvalue weighted by molar-refractivity contribution is -0.136. The topological polar surface area (TPSA) is 69.6 Å². The van der Waals surface area contributed by atoms with Gasteiger partial charge in [-0.2, -0.15) is 0 Å². The lowest BCUT2D eigenvalue weighted by atomic mass is 10.0.